The quantitative estimate of drug-likeness (QED) is 0.565. The second-order valence-corrected chi connectivity index (χ2v) is 7.63. The number of nitrogens with zero attached hydrogens (tertiary/aromatic N) is 3. The third kappa shape index (κ3) is 3.96. The van der Waals surface area contributed by atoms with Crippen LogP contribution in [0.5, 0.6) is 11.5 Å². The van der Waals surface area contributed by atoms with Gasteiger partial charge >= 0.3 is 0 Å². The van der Waals surface area contributed by atoms with Crippen LogP contribution in [-0.2, 0) is 4.79 Å². The van der Waals surface area contributed by atoms with Crippen molar-refractivity contribution in [1.82, 2.24) is 14.8 Å². The second-order valence-electron chi connectivity index (χ2n) is 6.86. The SMILES string of the molecule is COc1ccc([C@H]2C(C(=O)Nc3ccccc3)=C(C)Nc3nc(SC)nn32)c(OC)c1. The van der Waals surface area contributed by atoms with E-state index >= 15 is 0 Å². The van der Waals surface area contributed by atoms with Crippen LogP contribution in [0.25, 0.3) is 0 Å². The zero-order chi connectivity index (χ0) is 22.0. The number of para-hydroxylation sites is 1. The van der Waals surface area contributed by atoms with Crippen LogP contribution in [0, 0.1) is 0 Å². The van der Waals surface area contributed by atoms with E-state index in [0.29, 0.717) is 39.6 Å². The van der Waals surface area contributed by atoms with Crippen LogP contribution in [0.3, 0.4) is 0 Å². The van der Waals surface area contributed by atoms with Crippen LogP contribution >= 0.6 is 11.8 Å². The fourth-order valence-corrected chi connectivity index (χ4v) is 3.91. The highest BCUT2D eigenvalue weighted by Crippen LogP contribution is 2.41. The number of fused-ring (bicyclic) bond motifs is 1. The summed E-state index contributed by atoms with van der Waals surface area (Å²) in [7, 11) is 3.19. The average Bonchev–Trinajstić information content (AvgIpc) is 3.21. The first-order chi connectivity index (χ1) is 15.0. The van der Waals surface area contributed by atoms with Crippen molar-refractivity contribution in [3.8, 4) is 11.5 Å². The van der Waals surface area contributed by atoms with Crippen molar-refractivity contribution in [1.29, 1.82) is 0 Å². The minimum Gasteiger partial charge on any atom is -0.497 e. The van der Waals surface area contributed by atoms with E-state index in [1.807, 2.05) is 55.6 Å². The van der Waals surface area contributed by atoms with E-state index in [4.69, 9.17) is 9.47 Å². The first-order valence-corrected chi connectivity index (χ1v) is 10.8. The summed E-state index contributed by atoms with van der Waals surface area (Å²) in [6, 6.07) is 14.3. The van der Waals surface area contributed by atoms with E-state index in [0.717, 1.165) is 5.56 Å². The van der Waals surface area contributed by atoms with Crippen molar-refractivity contribution >= 4 is 29.3 Å². The van der Waals surface area contributed by atoms with Crippen LogP contribution in [0.2, 0.25) is 0 Å². The van der Waals surface area contributed by atoms with E-state index in [-0.39, 0.29) is 5.91 Å². The molecular weight excluding hydrogens is 414 g/mol. The van der Waals surface area contributed by atoms with Gasteiger partial charge < -0.3 is 20.1 Å². The van der Waals surface area contributed by atoms with Gasteiger partial charge in [0.05, 0.1) is 19.8 Å². The lowest BCUT2D eigenvalue weighted by molar-refractivity contribution is -0.113. The number of allylic oxidation sites excluding steroid dienone is 1. The molecule has 0 saturated heterocycles. The van der Waals surface area contributed by atoms with Gasteiger partial charge in [0.25, 0.3) is 5.91 Å². The number of amides is 1. The first kappa shape index (κ1) is 20.8. The molecule has 9 heteroatoms. The summed E-state index contributed by atoms with van der Waals surface area (Å²) in [6.07, 6.45) is 1.91. The van der Waals surface area contributed by atoms with E-state index in [1.165, 1.54) is 11.8 Å². The summed E-state index contributed by atoms with van der Waals surface area (Å²) < 4.78 is 12.7. The number of methoxy groups -OCH3 is 2. The number of anilines is 2. The van der Waals surface area contributed by atoms with Gasteiger partial charge in [-0.15, -0.1) is 5.10 Å². The Labute approximate surface area is 184 Å². The molecule has 1 atom stereocenters. The van der Waals surface area contributed by atoms with Gasteiger partial charge in [0.1, 0.15) is 17.5 Å². The number of aromatic nitrogens is 3. The zero-order valence-electron chi connectivity index (χ0n) is 17.7. The van der Waals surface area contributed by atoms with Gasteiger partial charge in [0.2, 0.25) is 11.1 Å². The molecule has 1 aliphatic rings. The molecule has 0 saturated carbocycles. The van der Waals surface area contributed by atoms with Crippen molar-refractivity contribution in [2.75, 3.05) is 31.1 Å². The Hall–Kier alpha value is -3.46. The average molecular weight is 438 g/mol. The number of rotatable bonds is 6. The predicted octanol–water partition coefficient (Wildman–Crippen LogP) is 3.94. The van der Waals surface area contributed by atoms with E-state index < -0.39 is 6.04 Å². The van der Waals surface area contributed by atoms with E-state index in [1.54, 1.807) is 25.0 Å². The summed E-state index contributed by atoms with van der Waals surface area (Å²) in [5.41, 5.74) is 2.71. The standard InChI is InChI=1S/C22H23N5O3S/c1-13-18(20(28)24-14-8-6-5-7-9-14)19(27-21(23-13)25-22(26-27)31-4)16-11-10-15(29-2)12-17(16)30-3/h5-12,19H,1-4H3,(H,24,28)(H,23,25,26)/t19-/m0/s1. The molecule has 3 aromatic rings. The molecule has 0 bridgehead atoms. The van der Waals surface area contributed by atoms with Gasteiger partial charge in [0.15, 0.2) is 0 Å². The predicted molar refractivity (Wildman–Crippen MR) is 121 cm³/mol. The number of nitrogens with one attached hydrogen (secondary N) is 2. The number of hydrogen-bond donors (Lipinski definition) is 2. The lowest BCUT2D eigenvalue weighted by Gasteiger charge is -2.29. The number of benzene rings is 2. The maximum atomic E-state index is 13.4. The lowest BCUT2D eigenvalue weighted by Crippen LogP contribution is -2.31. The van der Waals surface area contributed by atoms with Gasteiger partial charge in [0, 0.05) is 23.0 Å². The van der Waals surface area contributed by atoms with Crippen LogP contribution in [0.4, 0.5) is 11.6 Å². The molecule has 2 heterocycles. The van der Waals surface area contributed by atoms with Gasteiger partial charge in [-0.2, -0.15) is 4.98 Å². The number of carbonyl (C=O) groups excluding carboxylic acids is 1. The lowest BCUT2D eigenvalue weighted by atomic mass is 9.94. The van der Waals surface area contributed by atoms with Crippen molar-refractivity contribution in [2.45, 2.75) is 18.1 Å². The zero-order valence-corrected chi connectivity index (χ0v) is 18.5. The van der Waals surface area contributed by atoms with Crippen molar-refractivity contribution in [3.63, 3.8) is 0 Å². The van der Waals surface area contributed by atoms with Gasteiger partial charge in [-0.25, -0.2) is 4.68 Å². The number of ether oxygens (including phenoxy) is 2. The molecular formula is C22H23N5O3S. The fraction of sp³-hybridized carbons (Fsp3) is 0.227. The Kier molecular flexibility index (Phi) is 5.85. The maximum Gasteiger partial charge on any atom is 0.255 e. The molecule has 8 nitrogen and oxygen atoms in total. The molecule has 0 fully saturated rings. The van der Waals surface area contributed by atoms with Gasteiger partial charge in [-0.05, 0) is 37.4 Å². The second kappa shape index (κ2) is 8.73. The molecule has 1 amide bonds. The fourth-order valence-electron chi connectivity index (χ4n) is 3.56. The van der Waals surface area contributed by atoms with Crippen molar-refractivity contribution in [3.05, 3.63) is 65.4 Å². The monoisotopic (exact) mass is 437 g/mol. The van der Waals surface area contributed by atoms with Gasteiger partial charge in [-0.3, -0.25) is 4.79 Å². The third-order valence-corrected chi connectivity index (χ3v) is 5.57. The highest BCUT2D eigenvalue weighted by molar-refractivity contribution is 7.98. The molecule has 0 unspecified atom stereocenters. The highest BCUT2D eigenvalue weighted by atomic mass is 32.2. The summed E-state index contributed by atoms with van der Waals surface area (Å²) in [5, 5.41) is 11.4. The van der Waals surface area contributed by atoms with Crippen molar-refractivity contribution < 1.29 is 14.3 Å². The molecule has 2 N–H and O–H groups in total. The van der Waals surface area contributed by atoms with Crippen molar-refractivity contribution in [2.24, 2.45) is 0 Å². The molecule has 0 spiro atoms. The first-order valence-electron chi connectivity index (χ1n) is 9.62. The van der Waals surface area contributed by atoms with Crippen LogP contribution in [0.1, 0.15) is 18.5 Å². The molecule has 1 aromatic heterocycles. The minimum absolute atomic E-state index is 0.231. The largest absolute Gasteiger partial charge is 0.497 e. The number of carbonyl (C=O) groups is 1. The molecule has 31 heavy (non-hydrogen) atoms. The summed E-state index contributed by atoms with van der Waals surface area (Å²) in [6.45, 7) is 1.86. The normalized spacial score (nSPS) is 15.2. The molecule has 160 valence electrons. The molecule has 2 aromatic carbocycles. The summed E-state index contributed by atoms with van der Waals surface area (Å²) in [4.78, 5) is 18.0. The Morgan fingerprint density at radius 2 is 1.94 bits per heavy atom. The molecule has 0 aliphatic carbocycles. The van der Waals surface area contributed by atoms with Crippen LogP contribution in [-0.4, -0.2) is 41.1 Å². The molecule has 0 radical (unpaired) electrons. The minimum atomic E-state index is -0.533. The third-order valence-electron chi connectivity index (χ3n) is 5.03. The van der Waals surface area contributed by atoms with E-state index in [9.17, 15) is 4.79 Å². The summed E-state index contributed by atoms with van der Waals surface area (Å²) >= 11 is 1.44. The Morgan fingerprint density at radius 1 is 1.16 bits per heavy atom. The number of hydrogen-bond acceptors (Lipinski definition) is 7. The van der Waals surface area contributed by atoms with Gasteiger partial charge in [-0.1, -0.05) is 30.0 Å². The Morgan fingerprint density at radius 3 is 2.61 bits per heavy atom. The Bertz CT molecular complexity index is 1140. The summed E-state index contributed by atoms with van der Waals surface area (Å²) in [5.74, 6) is 1.59. The number of thioether (sulfide) groups is 1. The molecule has 4 rings (SSSR count). The van der Waals surface area contributed by atoms with Crippen LogP contribution < -0.4 is 20.1 Å². The topological polar surface area (TPSA) is 90.3 Å². The Balaban J connectivity index is 1.85. The van der Waals surface area contributed by atoms with E-state index in [2.05, 4.69) is 20.7 Å². The smallest absolute Gasteiger partial charge is 0.255 e. The van der Waals surface area contributed by atoms with Crippen LogP contribution in [0.15, 0.2) is 65.0 Å². The molecule has 1 aliphatic heterocycles. The maximum absolute atomic E-state index is 13.4. The highest BCUT2D eigenvalue weighted by Gasteiger charge is 2.36.